The number of nitrogens with one attached hydrogen (secondary N) is 1. The maximum atomic E-state index is 12.5. The molecule has 2 aliphatic rings. The molecule has 2 fully saturated rings. The standard InChI is InChI=1S/C15H17N3O5/c19-14(17-7-1-2-12(17)15(20)21)9-3-6-11(16-10-4-5-10)13(8-9)18(22)23/h3,6,8,10,12,16H,1-2,4-5,7H2,(H,20,21)/t12-/m0/s1. The number of carboxylic acid groups (broad SMARTS) is 1. The van der Waals surface area contributed by atoms with Gasteiger partial charge < -0.3 is 15.3 Å². The Morgan fingerprint density at radius 1 is 1.30 bits per heavy atom. The van der Waals surface area contributed by atoms with Crippen LogP contribution in [0.15, 0.2) is 18.2 Å². The van der Waals surface area contributed by atoms with Crippen molar-refractivity contribution >= 4 is 23.3 Å². The van der Waals surface area contributed by atoms with Crippen LogP contribution in [-0.2, 0) is 4.79 Å². The molecule has 1 aliphatic carbocycles. The first kappa shape index (κ1) is 15.3. The molecule has 23 heavy (non-hydrogen) atoms. The Hall–Kier alpha value is -2.64. The summed E-state index contributed by atoms with van der Waals surface area (Å²) in [6, 6.07) is 3.66. The molecule has 1 aromatic rings. The lowest BCUT2D eigenvalue weighted by Crippen LogP contribution is -2.40. The van der Waals surface area contributed by atoms with Gasteiger partial charge in [0.2, 0.25) is 0 Å². The number of carbonyl (C=O) groups is 2. The van der Waals surface area contributed by atoms with Crippen LogP contribution in [0.3, 0.4) is 0 Å². The van der Waals surface area contributed by atoms with Gasteiger partial charge in [-0.1, -0.05) is 0 Å². The van der Waals surface area contributed by atoms with Crippen LogP contribution in [0.4, 0.5) is 11.4 Å². The summed E-state index contributed by atoms with van der Waals surface area (Å²) in [4.78, 5) is 35.7. The molecule has 2 N–H and O–H groups in total. The number of rotatable bonds is 5. The summed E-state index contributed by atoms with van der Waals surface area (Å²) in [7, 11) is 0. The summed E-state index contributed by atoms with van der Waals surface area (Å²) in [6.07, 6.45) is 2.98. The fourth-order valence-corrected chi connectivity index (χ4v) is 2.82. The molecule has 1 heterocycles. The highest BCUT2D eigenvalue weighted by atomic mass is 16.6. The molecule has 3 rings (SSSR count). The van der Waals surface area contributed by atoms with Crippen molar-refractivity contribution in [3.63, 3.8) is 0 Å². The van der Waals surface area contributed by atoms with Gasteiger partial charge in [-0.2, -0.15) is 0 Å². The Bertz CT molecular complexity index is 671. The van der Waals surface area contributed by atoms with Gasteiger partial charge in [0.15, 0.2) is 0 Å². The molecule has 1 atom stereocenters. The summed E-state index contributed by atoms with van der Waals surface area (Å²) >= 11 is 0. The molecular weight excluding hydrogens is 302 g/mol. The van der Waals surface area contributed by atoms with Crippen molar-refractivity contribution in [1.82, 2.24) is 4.90 Å². The number of anilines is 1. The van der Waals surface area contributed by atoms with E-state index in [1.54, 1.807) is 0 Å². The van der Waals surface area contributed by atoms with Gasteiger partial charge in [0.1, 0.15) is 11.7 Å². The number of hydrogen-bond donors (Lipinski definition) is 2. The van der Waals surface area contributed by atoms with E-state index in [1.165, 1.54) is 23.1 Å². The van der Waals surface area contributed by atoms with Crippen LogP contribution >= 0.6 is 0 Å². The Morgan fingerprint density at radius 2 is 2.04 bits per heavy atom. The summed E-state index contributed by atoms with van der Waals surface area (Å²) in [5.41, 5.74) is 0.380. The number of carbonyl (C=O) groups excluding carboxylic acids is 1. The fraction of sp³-hybridized carbons (Fsp3) is 0.467. The monoisotopic (exact) mass is 319 g/mol. The first-order chi connectivity index (χ1) is 11.0. The van der Waals surface area contributed by atoms with Gasteiger partial charge >= 0.3 is 5.97 Å². The number of aliphatic carboxylic acids is 1. The minimum atomic E-state index is -1.04. The minimum absolute atomic E-state index is 0.145. The molecule has 1 aromatic carbocycles. The summed E-state index contributed by atoms with van der Waals surface area (Å²) < 4.78 is 0. The molecule has 122 valence electrons. The number of nitro groups is 1. The molecule has 8 heteroatoms. The van der Waals surface area contributed by atoms with Crippen LogP contribution < -0.4 is 5.32 Å². The normalized spacial score (nSPS) is 20.3. The lowest BCUT2D eigenvalue weighted by molar-refractivity contribution is -0.384. The molecule has 1 amide bonds. The van der Waals surface area contributed by atoms with Gasteiger partial charge in [-0.05, 0) is 37.8 Å². The van der Waals surface area contributed by atoms with Crippen molar-refractivity contribution < 1.29 is 19.6 Å². The molecule has 0 unspecified atom stereocenters. The number of carboxylic acids is 1. The van der Waals surface area contributed by atoms with E-state index in [2.05, 4.69) is 5.32 Å². The van der Waals surface area contributed by atoms with Crippen LogP contribution in [0.1, 0.15) is 36.0 Å². The van der Waals surface area contributed by atoms with Gasteiger partial charge in [-0.25, -0.2) is 4.79 Å². The van der Waals surface area contributed by atoms with Crippen LogP contribution in [0.2, 0.25) is 0 Å². The molecule has 1 aliphatic heterocycles. The van der Waals surface area contributed by atoms with Gasteiger partial charge in [-0.15, -0.1) is 0 Å². The topological polar surface area (TPSA) is 113 Å². The van der Waals surface area contributed by atoms with Crippen LogP contribution in [-0.4, -0.2) is 45.4 Å². The number of nitro benzene ring substituents is 1. The number of likely N-dealkylation sites (tertiary alicyclic amines) is 1. The number of hydrogen-bond acceptors (Lipinski definition) is 5. The maximum Gasteiger partial charge on any atom is 0.326 e. The van der Waals surface area contributed by atoms with E-state index in [0.29, 0.717) is 25.1 Å². The second-order valence-corrected chi connectivity index (χ2v) is 5.90. The first-order valence-electron chi connectivity index (χ1n) is 7.56. The smallest absolute Gasteiger partial charge is 0.326 e. The highest BCUT2D eigenvalue weighted by Crippen LogP contribution is 2.32. The van der Waals surface area contributed by atoms with E-state index in [1.807, 2.05) is 0 Å². The highest BCUT2D eigenvalue weighted by molar-refractivity contribution is 5.98. The van der Waals surface area contributed by atoms with E-state index in [-0.39, 0.29) is 17.3 Å². The zero-order valence-electron chi connectivity index (χ0n) is 12.4. The van der Waals surface area contributed by atoms with E-state index >= 15 is 0 Å². The lowest BCUT2D eigenvalue weighted by atomic mass is 10.1. The van der Waals surface area contributed by atoms with Gasteiger partial charge in [0.25, 0.3) is 11.6 Å². The van der Waals surface area contributed by atoms with Crippen molar-refractivity contribution in [3.8, 4) is 0 Å². The Kier molecular flexibility index (Phi) is 3.89. The van der Waals surface area contributed by atoms with Crippen molar-refractivity contribution in [3.05, 3.63) is 33.9 Å². The Morgan fingerprint density at radius 3 is 2.65 bits per heavy atom. The maximum absolute atomic E-state index is 12.5. The summed E-state index contributed by atoms with van der Waals surface area (Å²) in [6.45, 7) is 0.353. The number of nitrogens with zero attached hydrogens (tertiary/aromatic N) is 2. The van der Waals surface area contributed by atoms with Gasteiger partial charge in [-0.3, -0.25) is 14.9 Å². The van der Waals surface area contributed by atoms with Crippen molar-refractivity contribution in [2.24, 2.45) is 0 Å². The average Bonchev–Trinajstić information content (AvgIpc) is 3.18. The highest BCUT2D eigenvalue weighted by Gasteiger charge is 2.35. The van der Waals surface area contributed by atoms with Gasteiger partial charge in [0.05, 0.1) is 4.92 Å². The molecule has 0 bridgehead atoms. The Balaban J connectivity index is 1.87. The predicted molar refractivity (Wildman–Crippen MR) is 81.4 cm³/mol. The third-order valence-corrected chi connectivity index (χ3v) is 4.18. The fourth-order valence-electron chi connectivity index (χ4n) is 2.82. The second kappa shape index (κ2) is 5.86. The van der Waals surface area contributed by atoms with Crippen molar-refractivity contribution in [2.45, 2.75) is 37.8 Å². The van der Waals surface area contributed by atoms with Crippen LogP contribution in [0.25, 0.3) is 0 Å². The molecule has 8 nitrogen and oxygen atoms in total. The van der Waals surface area contributed by atoms with E-state index in [4.69, 9.17) is 5.11 Å². The van der Waals surface area contributed by atoms with E-state index in [0.717, 1.165) is 12.8 Å². The Labute approximate surface area is 132 Å². The molecule has 0 aromatic heterocycles. The molecule has 0 spiro atoms. The van der Waals surface area contributed by atoms with Crippen molar-refractivity contribution in [1.29, 1.82) is 0 Å². The van der Waals surface area contributed by atoms with Crippen LogP contribution in [0, 0.1) is 10.1 Å². The zero-order chi connectivity index (χ0) is 16.6. The van der Waals surface area contributed by atoms with Crippen molar-refractivity contribution in [2.75, 3.05) is 11.9 Å². The molecule has 1 saturated heterocycles. The number of benzene rings is 1. The summed E-state index contributed by atoms with van der Waals surface area (Å²) in [5, 5.41) is 23.5. The molecule has 0 radical (unpaired) electrons. The molecular formula is C15H17N3O5. The largest absolute Gasteiger partial charge is 0.480 e. The SMILES string of the molecule is O=C(O)[C@@H]1CCCN1C(=O)c1ccc(NC2CC2)c([N+](=O)[O-])c1. The average molecular weight is 319 g/mol. The molecule has 1 saturated carbocycles. The van der Waals surface area contributed by atoms with Crippen LogP contribution in [0.5, 0.6) is 0 Å². The first-order valence-corrected chi connectivity index (χ1v) is 7.56. The third kappa shape index (κ3) is 3.10. The predicted octanol–water partition coefficient (Wildman–Crippen LogP) is 1.86. The van der Waals surface area contributed by atoms with E-state index < -0.39 is 22.8 Å². The minimum Gasteiger partial charge on any atom is -0.480 e. The second-order valence-electron chi connectivity index (χ2n) is 5.90. The third-order valence-electron chi connectivity index (χ3n) is 4.18. The van der Waals surface area contributed by atoms with Gasteiger partial charge in [0, 0.05) is 24.2 Å². The zero-order valence-corrected chi connectivity index (χ0v) is 12.4. The summed E-state index contributed by atoms with van der Waals surface area (Å²) in [5.74, 6) is -1.52. The van der Waals surface area contributed by atoms with E-state index in [9.17, 15) is 19.7 Å². The lowest BCUT2D eigenvalue weighted by Gasteiger charge is -2.21. The quantitative estimate of drug-likeness (QED) is 0.632. The number of amides is 1.